The smallest absolute Gasteiger partial charge is 0.254 e. The molecule has 0 saturated carbocycles. The number of thioether (sulfide) groups is 1. The molecule has 9 heteroatoms. The zero-order valence-corrected chi connectivity index (χ0v) is 13.8. The molecule has 116 valence electrons. The molecule has 0 aromatic carbocycles. The first-order valence-corrected chi connectivity index (χ1v) is 10.1. The van der Waals surface area contributed by atoms with E-state index in [0.29, 0.717) is 42.1 Å². The van der Waals surface area contributed by atoms with E-state index in [2.05, 4.69) is 0 Å². The van der Waals surface area contributed by atoms with Crippen LogP contribution in [0.3, 0.4) is 0 Å². The summed E-state index contributed by atoms with van der Waals surface area (Å²) in [7, 11) is -3.58. The van der Waals surface area contributed by atoms with E-state index in [1.54, 1.807) is 22.4 Å². The molecule has 0 aliphatic carbocycles. The fraction of sp³-hybridized carbons (Fsp3) is 0.583. The van der Waals surface area contributed by atoms with Gasteiger partial charge in [-0.3, -0.25) is 4.79 Å². The van der Waals surface area contributed by atoms with Crippen LogP contribution in [0.2, 0.25) is 0 Å². The van der Waals surface area contributed by atoms with E-state index < -0.39 is 16.1 Å². The first kappa shape index (κ1) is 15.3. The van der Waals surface area contributed by atoms with Crippen molar-refractivity contribution in [2.75, 3.05) is 37.9 Å². The average Bonchev–Trinajstić information content (AvgIpc) is 3.19. The second kappa shape index (κ2) is 6.25. The summed E-state index contributed by atoms with van der Waals surface area (Å²) in [6, 6.07) is 2.69. The Kier molecular flexibility index (Phi) is 4.55. The number of hydrogen-bond donors (Lipinski definition) is 0. The fourth-order valence-electron chi connectivity index (χ4n) is 2.38. The van der Waals surface area contributed by atoms with Gasteiger partial charge in [-0.2, -0.15) is 4.31 Å². The van der Waals surface area contributed by atoms with Gasteiger partial charge < -0.3 is 9.64 Å². The van der Waals surface area contributed by atoms with E-state index in [-0.39, 0.29) is 5.91 Å². The van der Waals surface area contributed by atoms with E-state index in [1.807, 2.05) is 0 Å². The lowest BCUT2D eigenvalue weighted by Gasteiger charge is -2.31. The molecule has 0 radical (unpaired) electrons. The molecular weight excluding hydrogens is 332 g/mol. The number of nitrogens with zero attached hydrogens (tertiary/aromatic N) is 2. The minimum atomic E-state index is -3.58. The van der Waals surface area contributed by atoms with Gasteiger partial charge in [0.2, 0.25) is 5.91 Å². The van der Waals surface area contributed by atoms with Crippen LogP contribution >= 0.6 is 23.1 Å². The molecule has 3 heterocycles. The number of rotatable bonds is 3. The molecular formula is C12H16N2O4S3. The molecule has 0 spiro atoms. The van der Waals surface area contributed by atoms with E-state index in [0.717, 1.165) is 0 Å². The van der Waals surface area contributed by atoms with E-state index >= 15 is 0 Å². The lowest BCUT2D eigenvalue weighted by atomic mass is 10.2. The number of carbonyl (C=O) groups excluding carboxylic acids is 1. The van der Waals surface area contributed by atoms with Gasteiger partial charge in [-0.05, 0) is 11.4 Å². The molecule has 1 unspecified atom stereocenters. The first-order chi connectivity index (χ1) is 10.1. The number of thiophene rings is 1. The third-order valence-corrected chi connectivity index (χ3v) is 7.91. The van der Waals surface area contributed by atoms with Crippen LogP contribution in [0.1, 0.15) is 0 Å². The monoisotopic (exact) mass is 348 g/mol. The normalized spacial score (nSPS) is 24.4. The number of ether oxygens (including phenoxy) is 1. The van der Waals surface area contributed by atoms with Gasteiger partial charge in [-0.25, -0.2) is 8.42 Å². The van der Waals surface area contributed by atoms with Gasteiger partial charge in [-0.15, -0.1) is 23.1 Å². The van der Waals surface area contributed by atoms with Crippen molar-refractivity contribution in [3.8, 4) is 0 Å². The minimum absolute atomic E-state index is 0.108. The van der Waals surface area contributed by atoms with Crippen molar-refractivity contribution in [3.05, 3.63) is 17.5 Å². The highest BCUT2D eigenvalue weighted by Gasteiger charge is 2.42. The van der Waals surface area contributed by atoms with E-state index in [4.69, 9.17) is 4.74 Å². The Morgan fingerprint density at radius 1 is 1.33 bits per heavy atom. The van der Waals surface area contributed by atoms with Crippen LogP contribution in [0.5, 0.6) is 0 Å². The van der Waals surface area contributed by atoms with Crippen LogP contribution in [0.4, 0.5) is 0 Å². The molecule has 1 aromatic heterocycles. The summed E-state index contributed by atoms with van der Waals surface area (Å²) in [6.07, 6.45) is 0. The molecule has 21 heavy (non-hydrogen) atoms. The van der Waals surface area contributed by atoms with Gasteiger partial charge in [-0.1, -0.05) is 6.07 Å². The lowest BCUT2D eigenvalue weighted by Crippen LogP contribution is -2.51. The topological polar surface area (TPSA) is 66.9 Å². The molecule has 2 aliphatic rings. The zero-order valence-electron chi connectivity index (χ0n) is 11.3. The highest BCUT2D eigenvalue weighted by molar-refractivity contribution is 8.01. The quantitative estimate of drug-likeness (QED) is 0.803. The van der Waals surface area contributed by atoms with Gasteiger partial charge >= 0.3 is 0 Å². The van der Waals surface area contributed by atoms with Crippen molar-refractivity contribution in [1.82, 2.24) is 9.21 Å². The van der Waals surface area contributed by atoms with Crippen molar-refractivity contribution < 1.29 is 17.9 Å². The van der Waals surface area contributed by atoms with Crippen molar-refractivity contribution in [2.45, 2.75) is 10.3 Å². The maximum absolute atomic E-state index is 12.6. The molecule has 1 atom stereocenters. The third-order valence-electron chi connectivity index (χ3n) is 3.51. The van der Waals surface area contributed by atoms with Gasteiger partial charge in [0.1, 0.15) is 10.3 Å². The summed E-state index contributed by atoms with van der Waals surface area (Å²) in [6.45, 7) is 2.10. The summed E-state index contributed by atoms with van der Waals surface area (Å²) < 4.78 is 32.1. The highest BCUT2D eigenvalue weighted by atomic mass is 32.2. The Balaban J connectivity index is 1.81. The van der Waals surface area contributed by atoms with Crippen LogP contribution in [0, 0.1) is 0 Å². The van der Waals surface area contributed by atoms with Gasteiger partial charge in [0.25, 0.3) is 10.0 Å². The summed E-state index contributed by atoms with van der Waals surface area (Å²) in [4.78, 5) is 14.3. The van der Waals surface area contributed by atoms with Gasteiger partial charge in [0.05, 0.1) is 19.1 Å². The minimum Gasteiger partial charge on any atom is -0.378 e. The van der Waals surface area contributed by atoms with E-state index in [1.165, 1.54) is 27.4 Å². The Morgan fingerprint density at radius 3 is 2.76 bits per heavy atom. The van der Waals surface area contributed by atoms with Crippen molar-refractivity contribution >= 4 is 39.0 Å². The van der Waals surface area contributed by atoms with Crippen molar-refractivity contribution in [3.63, 3.8) is 0 Å². The predicted octanol–water partition coefficient (Wildman–Crippen LogP) is 0.671. The van der Waals surface area contributed by atoms with Crippen LogP contribution < -0.4 is 0 Å². The maximum atomic E-state index is 12.6. The lowest BCUT2D eigenvalue weighted by molar-refractivity contribution is -0.138. The maximum Gasteiger partial charge on any atom is 0.254 e. The molecule has 0 bridgehead atoms. The SMILES string of the molecule is O=C(C1CSCN1S(=O)(=O)c1cccs1)N1CCOCC1. The fourth-order valence-corrected chi connectivity index (χ4v) is 6.63. The Labute approximate surface area is 132 Å². The first-order valence-electron chi connectivity index (χ1n) is 6.60. The molecule has 1 amide bonds. The summed E-state index contributed by atoms with van der Waals surface area (Å²) in [5.41, 5.74) is 0. The number of carbonyl (C=O) groups is 1. The Bertz CT molecular complexity index is 596. The zero-order chi connectivity index (χ0) is 14.9. The van der Waals surface area contributed by atoms with Crippen molar-refractivity contribution in [2.24, 2.45) is 0 Å². The summed E-state index contributed by atoms with van der Waals surface area (Å²) in [5.74, 6) is 0.741. The number of amides is 1. The molecule has 2 aliphatic heterocycles. The second-order valence-corrected chi connectivity index (χ2v) is 8.84. The highest BCUT2D eigenvalue weighted by Crippen LogP contribution is 2.31. The van der Waals surface area contributed by atoms with Gasteiger partial charge in [0.15, 0.2) is 0 Å². The summed E-state index contributed by atoms with van der Waals surface area (Å²) >= 11 is 2.66. The van der Waals surface area contributed by atoms with Crippen LogP contribution in [0.15, 0.2) is 21.7 Å². The van der Waals surface area contributed by atoms with Gasteiger partial charge in [0, 0.05) is 18.8 Å². The molecule has 0 N–H and O–H groups in total. The number of hydrogen-bond acceptors (Lipinski definition) is 6. The Hall–Kier alpha value is -0.610. The third kappa shape index (κ3) is 2.98. The van der Waals surface area contributed by atoms with E-state index in [9.17, 15) is 13.2 Å². The number of sulfonamides is 1. The molecule has 2 saturated heterocycles. The molecule has 2 fully saturated rings. The molecule has 6 nitrogen and oxygen atoms in total. The van der Waals surface area contributed by atoms with Crippen LogP contribution in [-0.4, -0.2) is 67.5 Å². The predicted molar refractivity (Wildman–Crippen MR) is 81.9 cm³/mol. The molecule has 3 rings (SSSR count). The standard InChI is InChI=1S/C12H16N2O4S3/c15-12(13-3-5-18-6-4-13)10-8-19-9-14(10)21(16,17)11-2-1-7-20-11/h1-2,7,10H,3-6,8-9H2. The number of morpholine rings is 1. The average molecular weight is 348 g/mol. The second-order valence-electron chi connectivity index (χ2n) is 4.78. The van der Waals surface area contributed by atoms with Crippen molar-refractivity contribution in [1.29, 1.82) is 0 Å². The Morgan fingerprint density at radius 2 is 2.10 bits per heavy atom. The van der Waals surface area contributed by atoms with Crippen LogP contribution in [0.25, 0.3) is 0 Å². The largest absolute Gasteiger partial charge is 0.378 e. The summed E-state index contributed by atoms with van der Waals surface area (Å²) in [5, 5.41) is 1.73. The molecule has 1 aromatic rings. The van der Waals surface area contributed by atoms with Crippen LogP contribution in [-0.2, 0) is 19.6 Å².